The van der Waals surface area contributed by atoms with Crippen LogP contribution in [0.15, 0.2) is 18.2 Å². The van der Waals surface area contributed by atoms with Gasteiger partial charge in [-0.1, -0.05) is 6.07 Å². The zero-order valence-electron chi connectivity index (χ0n) is 9.23. The van der Waals surface area contributed by atoms with Gasteiger partial charge in [0.2, 0.25) is 0 Å². The third-order valence-corrected chi connectivity index (χ3v) is 2.78. The first-order chi connectivity index (χ1) is 7.26. The number of nitrogens with one attached hydrogen (secondary N) is 1. The molecule has 0 spiro atoms. The largest absolute Gasteiger partial charge is 0.394 e. The summed E-state index contributed by atoms with van der Waals surface area (Å²) in [4.78, 5) is 4.34. The second-order valence-electron chi connectivity index (χ2n) is 3.47. The van der Waals surface area contributed by atoms with E-state index in [1.165, 1.54) is 0 Å². The monoisotopic (exact) mass is 226 g/mol. The number of aromatic nitrogens is 1. The van der Waals surface area contributed by atoms with Gasteiger partial charge in [0.05, 0.1) is 12.6 Å². The smallest absolute Gasteiger partial charge is 0.126 e. The van der Waals surface area contributed by atoms with Gasteiger partial charge in [-0.15, -0.1) is 0 Å². The maximum absolute atomic E-state index is 9.18. The lowest BCUT2D eigenvalue weighted by Crippen LogP contribution is -2.25. The Labute approximate surface area is 95.3 Å². The summed E-state index contributed by atoms with van der Waals surface area (Å²) in [5.41, 5.74) is 0.988. The molecule has 0 aliphatic heterocycles. The summed E-state index contributed by atoms with van der Waals surface area (Å²) in [5, 5.41) is 12.4. The van der Waals surface area contributed by atoms with Crippen LogP contribution >= 0.6 is 11.8 Å². The van der Waals surface area contributed by atoms with Crippen molar-refractivity contribution >= 4 is 17.6 Å². The summed E-state index contributed by atoms with van der Waals surface area (Å²) in [6.45, 7) is 2.11. The molecule has 1 unspecified atom stereocenters. The van der Waals surface area contributed by atoms with Crippen molar-refractivity contribution < 1.29 is 5.11 Å². The molecule has 0 amide bonds. The van der Waals surface area contributed by atoms with Crippen molar-refractivity contribution in [3.05, 3.63) is 23.9 Å². The summed E-state index contributed by atoms with van der Waals surface area (Å²) < 4.78 is 0. The highest BCUT2D eigenvalue weighted by molar-refractivity contribution is 7.98. The first kappa shape index (κ1) is 12.3. The minimum atomic E-state index is 0.103. The first-order valence-electron chi connectivity index (χ1n) is 5.06. The minimum Gasteiger partial charge on any atom is -0.394 e. The molecule has 1 aromatic heterocycles. The molecule has 2 N–H and O–H groups in total. The Morgan fingerprint density at radius 1 is 1.53 bits per heavy atom. The van der Waals surface area contributed by atoms with Gasteiger partial charge in [-0.2, -0.15) is 11.8 Å². The standard InChI is InChI=1S/C11H18N2OS/c1-9-4-3-5-11(12-9)13-10(8-14)6-7-15-2/h3-5,10,14H,6-8H2,1-2H3,(H,12,13). The number of hydrogen-bond acceptors (Lipinski definition) is 4. The molecule has 84 valence electrons. The molecule has 0 saturated heterocycles. The topological polar surface area (TPSA) is 45.1 Å². The summed E-state index contributed by atoms with van der Waals surface area (Å²) in [7, 11) is 0. The molecule has 4 heteroatoms. The maximum atomic E-state index is 9.18. The van der Waals surface area contributed by atoms with E-state index in [1.807, 2.05) is 25.1 Å². The Hall–Kier alpha value is -0.740. The summed E-state index contributed by atoms with van der Waals surface area (Å²) in [6, 6.07) is 5.95. The van der Waals surface area contributed by atoms with Gasteiger partial charge in [-0.25, -0.2) is 4.98 Å². The Balaban J connectivity index is 2.50. The van der Waals surface area contributed by atoms with E-state index >= 15 is 0 Å². The van der Waals surface area contributed by atoms with Gasteiger partial charge >= 0.3 is 0 Å². The van der Waals surface area contributed by atoms with Crippen molar-refractivity contribution in [1.29, 1.82) is 0 Å². The van der Waals surface area contributed by atoms with Crippen LogP contribution in [0.25, 0.3) is 0 Å². The van der Waals surface area contributed by atoms with E-state index in [9.17, 15) is 5.11 Å². The van der Waals surface area contributed by atoms with Crippen molar-refractivity contribution in [2.24, 2.45) is 0 Å². The predicted molar refractivity (Wildman–Crippen MR) is 66.5 cm³/mol. The third-order valence-electron chi connectivity index (χ3n) is 2.13. The fraction of sp³-hybridized carbons (Fsp3) is 0.545. The normalized spacial score (nSPS) is 12.5. The quantitative estimate of drug-likeness (QED) is 0.778. The van der Waals surface area contributed by atoms with E-state index in [4.69, 9.17) is 0 Å². The van der Waals surface area contributed by atoms with Crippen LogP contribution in [-0.4, -0.2) is 34.7 Å². The highest BCUT2D eigenvalue weighted by Crippen LogP contribution is 2.09. The predicted octanol–water partition coefficient (Wildman–Crippen LogP) is 1.92. The maximum Gasteiger partial charge on any atom is 0.126 e. The number of rotatable bonds is 6. The van der Waals surface area contributed by atoms with E-state index in [2.05, 4.69) is 16.6 Å². The Bertz CT molecular complexity index is 294. The summed E-state index contributed by atoms with van der Waals surface area (Å²) in [6.07, 6.45) is 3.02. The van der Waals surface area contributed by atoms with Crippen LogP contribution in [0.2, 0.25) is 0 Å². The molecule has 0 aromatic carbocycles. The molecule has 3 nitrogen and oxygen atoms in total. The molecule has 0 bridgehead atoms. The molecular weight excluding hydrogens is 208 g/mol. The first-order valence-corrected chi connectivity index (χ1v) is 6.45. The average Bonchev–Trinajstić information content (AvgIpc) is 2.24. The number of nitrogens with zero attached hydrogens (tertiary/aromatic N) is 1. The van der Waals surface area contributed by atoms with Crippen LogP contribution in [0.3, 0.4) is 0 Å². The number of aliphatic hydroxyl groups excluding tert-OH is 1. The molecule has 1 atom stereocenters. The van der Waals surface area contributed by atoms with Crippen LogP contribution in [0.4, 0.5) is 5.82 Å². The van der Waals surface area contributed by atoms with Gasteiger partial charge in [0.25, 0.3) is 0 Å². The lowest BCUT2D eigenvalue weighted by Gasteiger charge is -2.16. The third kappa shape index (κ3) is 4.53. The molecule has 0 saturated carbocycles. The van der Waals surface area contributed by atoms with E-state index in [0.717, 1.165) is 23.7 Å². The number of pyridine rings is 1. The number of anilines is 1. The molecule has 0 aliphatic carbocycles. The summed E-state index contributed by atoms with van der Waals surface area (Å²) >= 11 is 1.79. The fourth-order valence-corrected chi connectivity index (χ4v) is 1.82. The molecule has 15 heavy (non-hydrogen) atoms. The number of aliphatic hydroxyl groups is 1. The number of thioether (sulfide) groups is 1. The van der Waals surface area contributed by atoms with E-state index in [-0.39, 0.29) is 12.6 Å². The van der Waals surface area contributed by atoms with Gasteiger partial charge in [-0.3, -0.25) is 0 Å². The Morgan fingerprint density at radius 3 is 2.93 bits per heavy atom. The fourth-order valence-electron chi connectivity index (χ4n) is 1.30. The van der Waals surface area contributed by atoms with Crippen LogP contribution in [0.1, 0.15) is 12.1 Å². The van der Waals surface area contributed by atoms with Crippen LogP contribution in [0, 0.1) is 6.92 Å². The molecule has 0 fully saturated rings. The van der Waals surface area contributed by atoms with Gasteiger partial charge < -0.3 is 10.4 Å². The van der Waals surface area contributed by atoms with E-state index in [0.29, 0.717) is 0 Å². The van der Waals surface area contributed by atoms with Crippen LogP contribution in [-0.2, 0) is 0 Å². The lowest BCUT2D eigenvalue weighted by molar-refractivity contribution is 0.272. The van der Waals surface area contributed by atoms with Gasteiger partial charge in [-0.05, 0) is 37.5 Å². The zero-order valence-corrected chi connectivity index (χ0v) is 10.0. The Morgan fingerprint density at radius 2 is 2.33 bits per heavy atom. The second kappa shape index (κ2) is 6.69. The Kier molecular flexibility index (Phi) is 5.50. The zero-order chi connectivity index (χ0) is 11.1. The minimum absolute atomic E-state index is 0.103. The van der Waals surface area contributed by atoms with Crippen molar-refractivity contribution in [2.45, 2.75) is 19.4 Å². The molecule has 1 aromatic rings. The molecular formula is C11H18N2OS. The number of aryl methyl sites for hydroxylation is 1. The van der Waals surface area contributed by atoms with Crippen molar-refractivity contribution in [1.82, 2.24) is 4.98 Å². The van der Waals surface area contributed by atoms with Crippen LogP contribution in [0.5, 0.6) is 0 Å². The molecule has 0 aliphatic rings. The van der Waals surface area contributed by atoms with Gasteiger partial charge in [0.15, 0.2) is 0 Å². The SMILES string of the molecule is CSCCC(CO)Nc1cccc(C)n1. The lowest BCUT2D eigenvalue weighted by atomic mass is 10.2. The van der Waals surface area contributed by atoms with Crippen molar-refractivity contribution in [2.75, 3.05) is 23.9 Å². The highest BCUT2D eigenvalue weighted by atomic mass is 32.2. The molecule has 1 heterocycles. The summed E-state index contributed by atoms with van der Waals surface area (Å²) in [5.74, 6) is 1.89. The van der Waals surface area contributed by atoms with Gasteiger partial charge in [0, 0.05) is 5.69 Å². The molecule has 0 radical (unpaired) electrons. The van der Waals surface area contributed by atoms with Crippen LogP contribution < -0.4 is 5.32 Å². The molecule has 1 rings (SSSR count). The average molecular weight is 226 g/mol. The number of hydrogen-bond donors (Lipinski definition) is 2. The second-order valence-corrected chi connectivity index (χ2v) is 4.46. The van der Waals surface area contributed by atoms with E-state index in [1.54, 1.807) is 11.8 Å². The van der Waals surface area contributed by atoms with Gasteiger partial charge in [0.1, 0.15) is 5.82 Å². The van der Waals surface area contributed by atoms with Crippen molar-refractivity contribution in [3.8, 4) is 0 Å². The highest BCUT2D eigenvalue weighted by Gasteiger charge is 2.06. The van der Waals surface area contributed by atoms with Crippen molar-refractivity contribution in [3.63, 3.8) is 0 Å². The van der Waals surface area contributed by atoms with E-state index < -0.39 is 0 Å².